The number of hydrogen-bond donors (Lipinski definition) is 1. The van der Waals surface area contributed by atoms with Crippen LogP contribution in [0.2, 0.25) is 0 Å². The molecule has 3 heterocycles. The Hall–Kier alpha value is -2.17. The summed E-state index contributed by atoms with van der Waals surface area (Å²) in [6.07, 6.45) is 9.33. The molecule has 0 amide bonds. The summed E-state index contributed by atoms with van der Waals surface area (Å²) in [5.41, 5.74) is 8.10. The van der Waals surface area contributed by atoms with Crippen molar-refractivity contribution in [1.29, 1.82) is 0 Å². The zero-order valence-corrected chi connectivity index (χ0v) is 11.2. The molecule has 1 aliphatic heterocycles. The van der Waals surface area contributed by atoms with Crippen molar-refractivity contribution in [2.24, 2.45) is 5.92 Å². The fourth-order valence-electron chi connectivity index (χ4n) is 3.35. The molecule has 2 fully saturated rings. The molecule has 1 aliphatic carbocycles. The van der Waals surface area contributed by atoms with Gasteiger partial charge in [0.1, 0.15) is 0 Å². The van der Waals surface area contributed by atoms with Gasteiger partial charge in [-0.25, -0.2) is 9.97 Å². The van der Waals surface area contributed by atoms with Gasteiger partial charge in [0.15, 0.2) is 0 Å². The largest absolute Gasteiger partial charge is 0.397 e. The van der Waals surface area contributed by atoms with E-state index in [1.54, 1.807) is 6.20 Å². The standard InChI is InChI=1S/C15H17N5/c16-12-2-4-14(17-8-12)11-6-18-15(19-7-11)20-9-10-1-3-13(20)5-10/h2,4,6-8,10,13H,1,3,5,9,16H2. The number of piperidine rings is 1. The molecule has 1 saturated heterocycles. The van der Waals surface area contributed by atoms with E-state index in [2.05, 4.69) is 19.9 Å². The van der Waals surface area contributed by atoms with Crippen LogP contribution in [0.25, 0.3) is 11.3 Å². The van der Waals surface area contributed by atoms with Gasteiger partial charge in [-0.1, -0.05) is 0 Å². The monoisotopic (exact) mass is 267 g/mol. The van der Waals surface area contributed by atoms with Crippen LogP contribution in [-0.2, 0) is 0 Å². The second-order valence-electron chi connectivity index (χ2n) is 5.73. The molecule has 102 valence electrons. The van der Waals surface area contributed by atoms with E-state index in [1.165, 1.54) is 19.3 Å². The van der Waals surface area contributed by atoms with Crippen LogP contribution in [0.4, 0.5) is 11.6 Å². The first-order valence-electron chi connectivity index (χ1n) is 7.10. The zero-order chi connectivity index (χ0) is 13.5. The maximum absolute atomic E-state index is 5.65. The maximum Gasteiger partial charge on any atom is 0.225 e. The van der Waals surface area contributed by atoms with Gasteiger partial charge in [0.25, 0.3) is 0 Å². The Kier molecular flexibility index (Phi) is 2.58. The van der Waals surface area contributed by atoms with Gasteiger partial charge in [-0.3, -0.25) is 4.98 Å². The molecule has 4 rings (SSSR count). The van der Waals surface area contributed by atoms with E-state index in [1.807, 2.05) is 24.5 Å². The summed E-state index contributed by atoms with van der Waals surface area (Å²) in [5.74, 6) is 1.71. The summed E-state index contributed by atoms with van der Waals surface area (Å²) in [6.45, 7) is 1.12. The summed E-state index contributed by atoms with van der Waals surface area (Å²) < 4.78 is 0. The fraction of sp³-hybridized carbons (Fsp3) is 0.400. The highest BCUT2D eigenvalue weighted by Crippen LogP contribution is 2.38. The third-order valence-corrected chi connectivity index (χ3v) is 4.39. The lowest BCUT2D eigenvalue weighted by Crippen LogP contribution is -2.33. The van der Waals surface area contributed by atoms with Gasteiger partial charge in [0.2, 0.25) is 5.95 Å². The van der Waals surface area contributed by atoms with E-state index in [0.717, 1.165) is 29.7 Å². The minimum absolute atomic E-state index is 0.653. The van der Waals surface area contributed by atoms with Crippen LogP contribution >= 0.6 is 0 Å². The lowest BCUT2D eigenvalue weighted by Gasteiger charge is -2.26. The Morgan fingerprint density at radius 2 is 1.90 bits per heavy atom. The van der Waals surface area contributed by atoms with E-state index in [0.29, 0.717) is 11.7 Å². The SMILES string of the molecule is Nc1ccc(-c2cnc(N3CC4CCC3C4)nc2)nc1. The normalized spacial score (nSPS) is 24.3. The summed E-state index contributed by atoms with van der Waals surface area (Å²) in [4.78, 5) is 15.7. The third kappa shape index (κ3) is 1.90. The van der Waals surface area contributed by atoms with Crippen molar-refractivity contribution < 1.29 is 0 Å². The molecule has 5 heteroatoms. The van der Waals surface area contributed by atoms with E-state index < -0.39 is 0 Å². The molecule has 0 spiro atoms. The Morgan fingerprint density at radius 3 is 2.50 bits per heavy atom. The molecule has 2 N–H and O–H groups in total. The van der Waals surface area contributed by atoms with Crippen molar-refractivity contribution in [2.45, 2.75) is 25.3 Å². The van der Waals surface area contributed by atoms with Gasteiger partial charge in [0, 0.05) is 30.5 Å². The minimum atomic E-state index is 0.653. The van der Waals surface area contributed by atoms with Crippen molar-refractivity contribution in [2.75, 3.05) is 17.2 Å². The number of aromatic nitrogens is 3. The van der Waals surface area contributed by atoms with Crippen LogP contribution in [0.3, 0.4) is 0 Å². The van der Waals surface area contributed by atoms with Gasteiger partial charge in [-0.15, -0.1) is 0 Å². The molecular weight excluding hydrogens is 250 g/mol. The van der Waals surface area contributed by atoms with Crippen molar-refractivity contribution >= 4 is 11.6 Å². The van der Waals surface area contributed by atoms with Gasteiger partial charge in [-0.2, -0.15) is 0 Å². The van der Waals surface area contributed by atoms with Crippen LogP contribution in [0.15, 0.2) is 30.7 Å². The highest BCUT2D eigenvalue weighted by atomic mass is 15.3. The Labute approximate surface area is 117 Å². The van der Waals surface area contributed by atoms with Crippen molar-refractivity contribution in [1.82, 2.24) is 15.0 Å². The fourth-order valence-corrected chi connectivity index (χ4v) is 3.35. The maximum atomic E-state index is 5.65. The number of nitrogens with two attached hydrogens (primary N) is 1. The van der Waals surface area contributed by atoms with Gasteiger partial charge in [-0.05, 0) is 37.3 Å². The van der Waals surface area contributed by atoms with Crippen molar-refractivity contribution in [3.05, 3.63) is 30.7 Å². The molecule has 0 radical (unpaired) electrons. The second-order valence-corrected chi connectivity index (χ2v) is 5.73. The number of hydrogen-bond acceptors (Lipinski definition) is 5. The van der Waals surface area contributed by atoms with Crippen LogP contribution in [0.1, 0.15) is 19.3 Å². The van der Waals surface area contributed by atoms with Crippen LogP contribution in [0.5, 0.6) is 0 Å². The predicted molar refractivity (Wildman–Crippen MR) is 78.2 cm³/mol. The van der Waals surface area contributed by atoms with Gasteiger partial charge < -0.3 is 10.6 Å². The molecule has 2 unspecified atom stereocenters. The Bertz CT molecular complexity index is 607. The average molecular weight is 267 g/mol. The van der Waals surface area contributed by atoms with E-state index in [4.69, 9.17) is 5.73 Å². The molecule has 5 nitrogen and oxygen atoms in total. The number of nitrogen functional groups attached to an aromatic ring is 1. The van der Waals surface area contributed by atoms with Gasteiger partial charge >= 0.3 is 0 Å². The molecule has 2 aliphatic rings. The first-order chi connectivity index (χ1) is 9.79. The molecule has 2 atom stereocenters. The van der Waals surface area contributed by atoms with E-state index in [9.17, 15) is 0 Å². The summed E-state index contributed by atoms with van der Waals surface area (Å²) in [6, 6.07) is 4.39. The topological polar surface area (TPSA) is 67.9 Å². The second kappa shape index (κ2) is 4.44. The van der Waals surface area contributed by atoms with Crippen molar-refractivity contribution in [3.8, 4) is 11.3 Å². The molecule has 2 bridgehead atoms. The van der Waals surface area contributed by atoms with Crippen LogP contribution in [0, 0.1) is 5.92 Å². The predicted octanol–water partition coefficient (Wildman–Crippen LogP) is 2.11. The summed E-state index contributed by atoms with van der Waals surface area (Å²) in [7, 11) is 0. The first-order valence-corrected chi connectivity index (χ1v) is 7.10. The highest BCUT2D eigenvalue weighted by Gasteiger charge is 2.38. The number of fused-ring (bicyclic) bond motifs is 2. The summed E-state index contributed by atoms with van der Waals surface area (Å²) in [5, 5.41) is 0. The Morgan fingerprint density at radius 1 is 1.05 bits per heavy atom. The number of anilines is 2. The lowest BCUT2D eigenvalue weighted by atomic mass is 10.1. The van der Waals surface area contributed by atoms with E-state index in [-0.39, 0.29) is 0 Å². The zero-order valence-electron chi connectivity index (χ0n) is 11.2. The third-order valence-electron chi connectivity index (χ3n) is 4.39. The number of rotatable bonds is 2. The van der Waals surface area contributed by atoms with Crippen LogP contribution < -0.4 is 10.6 Å². The number of nitrogens with zero attached hydrogens (tertiary/aromatic N) is 4. The molecule has 20 heavy (non-hydrogen) atoms. The first kappa shape index (κ1) is 11.6. The lowest BCUT2D eigenvalue weighted by molar-refractivity contribution is 0.546. The smallest absolute Gasteiger partial charge is 0.225 e. The molecular formula is C15H17N5. The quantitative estimate of drug-likeness (QED) is 0.902. The Balaban J connectivity index is 1.58. The highest BCUT2D eigenvalue weighted by molar-refractivity contribution is 5.59. The number of pyridine rings is 1. The summed E-state index contributed by atoms with van der Waals surface area (Å²) >= 11 is 0. The minimum Gasteiger partial charge on any atom is -0.397 e. The van der Waals surface area contributed by atoms with E-state index >= 15 is 0 Å². The molecule has 2 aromatic heterocycles. The molecule has 1 saturated carbocycles. The molecule has 0 aromatic carbocycles. The van der Waals surface area contributed by atoms with Crippen molar-refractivity contribution in [3.63, 3.8) is 0 Å². The van der Waals surface area contributed by atoms with Gasteiger partial charge in [0.05, 0.1) is 17.6 Å². The average Bonchev–Trinajstić information content (AvgIpc) is 3.11. The molecule has 2 aromatic rings. The van der Waals surface area contributed by atoms with Crippen LogP contribution in [-0.4, -0.2) is 27.5 Å².